The Morgan fingerprint density at radius 3 is 2.79 bits per heavy atom. The number of allylic oxidation sites excluding steroid dienone is 1. The van der Waals surface area contributed by atoms with Gasteiger partial charge in [0.2, 0.25) is 5.91 Å². The summed E-state index contributed by atoms with van der Waals surface area (Å²) >= 11 is 1.16. The average Bonchev–Trinajstić information content (AvgIpc) is 2.60. The number of hydrogen-bond acceptors (Lipinski definition) is 6. The molecule has 1 atom stereocenters. The summed E-state index contributed by atoms with van der Waals surface area (Å²) in [7, 11) is 1.55. The van der Waals surface area contributed by atoms with Crippen LogP contribution < -0.4 is 14.8 Å². The van der Waals surface area contributed by atoms with E-state index in [1.54, 1.807) is 19.2 Å². The van der Waals surface area contributed by atoms with Gasteiger partial charge in [-0.3, -0.25) is 4.79 Å². The molecule has 0 radical (unpaired) electrons. The summed E-state index contributed by atoms with van der Waals surface area (Å²) < 4.78 is 10.8. The highest BCUT2D eigenvalue weighted by Gasteiger charge is 2.30. The number of carbonyl (C=O) groups excluding carboxylic acids is 1. The van der Waals surface area contributed by atoms with Crippen molar-refractivity contribution in [1.82, 2.24) is 5.32 Å². The molecule has 2 rings (SSSR count). The number of amides is 1. The lowest BCUT2D eigenvalue weighted by molar-refractivity contribution is -0.120. The van der Waals surface area contributed by atoms with Crippen molar-refractivity contribution in [2.75, 3.05) is 19.5 Å². The van der Waals surface area contributed by atoms with Crippen molar-refractivity contribution in [2.24, 2.45) is 0 Å². The van der Waals surface area contributed by atoms with E-state index >= 15 is 0 Å². The van der Waals surface area contributed by atoms with Crippen LogP contribution in [-0.4, -0.2) is 25.4 Å². The maximum atomic E-state index is 12.0. The molecule has 24 heavy (non-hydrogen) atoms. The highest BCUT2D eigenvalue weighted by Crippen LogP contribution is 2.39. The lowest BCUT2D eigenvalue weighted by Gasteiger charge is -2.25. The van der Waals surface area contributed by atoms with Gasteiger partial charge in [0.15, 0.2) is 11.5 Å². The average molecular weight is 343 g/mol. The quantitative estimate of drug-likeness (QED) is 0.853. The number of carbonyl (C=O) groups is 1. The summed E-state index contributed by atoms with van der Waals surface area (Å²) in [5, 5.41) is 21.4. The Balaban J connectivity index is 2.43. The van der Waals surface area contributed by atoms with Gasteiger partial charge in [0.1, 0.15) is 0 Å². The normalized spacial score (nSPS) is 16.8. The Kier molecular flexibility index (Phi) is 6.11. The fourth-order valence-electron chi connectivity index (χ4n) is 2.50. The molecule has 0 fully saturated rings. The number of rotatable bonds is 6. The third-order valence-electron chi connectivity index (χ3n) is 3.53. The number of methoxy groups -OCH3 is 1. The maximum Gasteiger partial charge on any atom is 0.225 e. The zero-order valence-corrected chi connectivity index (χ0v) is 14.3. The van der Waals surface area contributed by atoms with Crippen LogP contribution in [-0.2, 0) is 4.79 Å². The molecular weight excluding hydrogens is 326 g/mol. The van der Waals surface area contributed by atoms with Crippen molar-refractivity contribution in [3.63, 3.8) is 0 Å². The van der Waals surface area contributed by atoms with E-state index in [2.05, 4.69) is 11.4 Å². The van der Waals surface area contributed by atoms with Gasteiger partial charge in [-0.2, -0.15) is 10.5 Å². The molecule has 6 nitrogen and oxygen atoms in total. The minimum Gasteiger partial charge on any atom is -0.493 e. The third-order valence-corrected chi connectivity index (χ3v) is 4.41. The first kappa shape index (κ1) is 17.7. The second-order valence-electron chi connectivity index (χ2n) is 4.95. The van der Waals surface area contributed by atoms with Crippen LogP contribution in [0.1, 0.15) is 24.8 Å². The highest BCUT2D eigenvalue weighted by molar-refractivity contribution is 8.03. The van der Waals surface area contributed by atoms with Crippen LogP contribution in [0.15, 0.2) is 28.8 Å². The standard InChI is InChI=1S/C17H17N3O3S/c1-3-23-14-5-4-11(8-15(14)22-2)12-9-16(21)20-17(13(12)10-19)24-7-6-18/h4-5,8,12H,3,7,9H2,1-2H3,(H,20,21). The first-order valence-corrected chi connectivity index (χ1v) is 8.37. The Morgan fingerprint density at radius 1 is 1.38 bits per heavy atom. The van der Waals surface area contributed by atoms with E-state index < -0.39 is 0 Å². The van der Waals surface area contributed by atoms with Crippen LogP contribution in [0, 0.1) is 22.7 Å². The Bertz CT molecular complexity index is 746. The molecule has 1 aliphatic rings. The topological polar surface area (TPSA) is 95.1 Å². The minimum atomic E-state index is -0.366. The Labute approximate surface area is 145 Å². The van der Waals surface area contributed by atoms with E-state index in [0.29, 0.717) is 28.7 Å². The van der Waals surface area contributed by atoms with Crippen molar-refractivity contribution in [3.8, 4) is 23.6 Å². The zero-order valence-electron chi connectivity index (χ0n) is 13.5. The zero-order chi connectivity index (χ0) is 17.5. The van der Waals surface area contributed by atoms with Gasteiger partial charge in [0.05, 0.1) is 42.2 Å². The number of benzene rings is 1. The predicted molar refractivity (Wildman–Crippen MR) is 90.4 cm³/mol. The van der Waals surface area contributed by atoms with Gasteiger partial charge < -0.3 is 14.8 Å². The summed E-state index contributed by atoms with van der Waals surface area (Å²) in [5.41, 5.74) is 1.26. The molecule has 1 N–H and O–H groups in total. The van der Waals surface area contributed by atoms with Crippen molar-refractivity contribution >= 4 is 17.7 Å². The number of nitrogens with one attached hydrogen (secondary N) is 1. The first-order chi connectivity index (χ1) is 11.6. The van der Waals surface area contributed by atoms with Gasteiger partial charge in [-0.15, -0.1) is 0 Å². The molecule has 0 bridgehead atoms. The Morgan fingerprint density at radius 2 is 2.17 bits per heavy atom. The molecule has 7 heteroatoms. The molecule has 124 valence electrons. The Hall–Kier alpha value is -2.64. The predicted octanol–water partition coefficient (Wildman–Crippen LogP) is 2.69. The van der Waals surface area contributed by atoms with E-state index in [1.165, 1.54) is 0 Å². The van der Waals surface area contributed by atoms with Crippen molar-refractivity contribution < 1.29 is 14.3 Å². The molecule has 0 saturated heterocycles. The SMILES string of the molecule is CCOc1ccc(C2CC(=O)NC(SCC#N)=C2C#N)cc1OC. The molecule has 0 aliphatic carbocycles. The fourth-order valence-corrected chi connectivity index (χ4v) is 3.24. The molecule has 1 unspecified atom stereocenters. The van der Waals surface area contributed by atoms with Crippen molar-refractivity contribution in [1.29, 1.82) is 10.5 Å². The van der Waals surface area contributed by atoms with E-state index in [4.69, 9.17) is 14.7 Å². The van der Waals surface area contributed by atoms with Crippen molar-refractivity contribution in [3.05, 3.63) is 34.4 Å². The number of ether oxygens (including phenoxy) is 2. The van der Waals surface area contributed by atoms with Gasteiger partial charge in [0, 0.05) is 12.3 Å². The van der Waals surface area contributed by atoms with E-state index in [1.807, 2.05) is 19.1 Å². The van der Waals surface area contributed by atoms with E-state index in [9.17, 15) is 10.1 Å². The molecule has 1 aromatic rings. The van der Waals surface area contributed by atoms with Gasteiger partial charge in [-0.05, 0) is 24.6 Å². The van der Waals surface area contributed by atoms with Crippen LogP contribution in [0.2, 0.25) is 0 Å². The van der Waals surface area contributed by atoms with Crippen molar-refractivity contribution in [2.45, 2.75) is 19.3 Å². The van der Waals surface area contributed by atoms with Gasteiger partial charge >= 0.3 is 0 Å². The van der Waals surface area contributed by atoms with E-state index in [0.717, 1.165) is 17.3 Å². The van der Waals surface area contributed by atoms with Gasteiger partial charge in [0.25, 0.3) is 0 Å². The largest absolute Gasteiger partial charge is 0.493 e. The minimum absolute atomic E-state index is 0.167. The smallest absolute Gasteiger partial charge is 0.225 e. The summed E-state index contributed by atoms with van der Waals surface area (Å²) in [5.74, 6) is 0.802. The van der Waals surface area contributed by atoms with Crippen LogP contribution in [0.25, 0.3) is 0 Å². The second-order valence-corrected chi connectivity index (χ2v) is 5.94. The summed E-state index contributed by atoms with van der Waals surface area (Å²) in [6.45, 7) is 2.40. The fraction of sp³-hybridized carbons (Fsp3) is 0.353. The summed E-state index contributed by atoms with van der Waals surface area (Å²) in [6, 6.07) is 9.58. The number of nitrogens with zero attached hydrogens (tertiary/aromatic N) is 2. The molecule has 0 saturated carbocycles. The lowest BCUT2D eigenvalue weighted by atomic mass is 9.87. The maximum absolute atomic E-state index is 12.0. The van der Waals surface area contributed by atoms with Gasteiger partial charge in [-0.1, -0.05) is 17.8 Å². The highest BCUT2D eigenvalue weighted by atomic mass is 32.2. The van der Waals surface area contributed by atoms with Crippen LogP contribution in [0.3, 0.4) is 0 Å². The van der Waals surface area contributed by atoms with Crippen LogP contribution in [0.4, 0.5) is 0 Å². The molecule has 0 aromatic heterocycles. The summed E-state index contributed by atoms with van der Waals surface area (Å²) in [6.07, 6.45) is 0.177. The van der Waals surface area contributed by atoms with E-state index in [-0.39, 0.29) is 24.0 Å². The molecule has 1 heterocycles. The van der Waals surface area contributed by atoms with Crippen LogP contribution in [0.5, 0.6) is 11.5 Å². The third kappa shape index (κ3) is 3.81. The number of hydrogen-bond donors (Lipinski definition) is 1. The number of thioether (sulfide) groups is 1. The second kappa shape index (κ2) is 8.28. The molecule has 1 aliphatic heterocycles. The lowest BCUT2D eigenvalue weighted by Crippen LogP contribution is -2.30. The summed E-state index contributed by atoms with van der Waals surface area (Å²) in [4.78, 5) is 12.0. The monoisotopic (exact) mass is 343 g/mol. The molecule has 1 aromatic carbocycles. The molecule has 0 spiro atoms. The molecular formula is C17H17N3O3S. The van der Waals surface area contributed by atoms with Crippen LogP contribution >= 0.6 is 11.8 Å². The van der Waals surface area contributed by atoms with Gasteiger partial charge in [-0.25, -0.2) is 0 Å². The molecule has 1 amide bonds. The first-order valence-electron chi connectivity index (χ1n) is 7.39. The number of nitriles is 2.